The molecule has 2 N–H and O–H groups in total. The molecule has 30 heavy (non-hydrogen) atoms. The van der Waals surface area contributed by atoms with Gasteiger partial charge >= 0.3 is 5.97 Å². The highest BCUT2D eigenvalue weighted by Crippen LogP contribution is 2.20. The van der Waals surface area contributed by atoms with Crippen molar-refractivity contribution in [1.29, 1.82) is 0 Å². The van der Waals surface area contributed by atoms with Gasteiger partial charge in [-0.2, -0.15) is 0 Å². The second-order valence-corrected chi connectivity index (χ2v) is 8.87. The summed E-state index contributed by atoms with van der Waals surface area (Å²) in [4.78, 5) is 12.6. The van der Waals surface area contributed by atoms with E-state index in [0.29, 0.717) is 6.61 Å². The molecular weight excluding hydrogens is 374 g/mol. The van der Waals surface area contributed by atoms with E-state index in [2.05, 4.69) is 19.2 Å². The molecule has 0 aliphatic rings. The summed E-state index contributed by atoms with van der Waals surface area (Å²) in [7, 11) is 0. The van der Waals surface area contributed by atoms with Gasteiger partial charge in [-0.3, -0.25) is 4.79 Å². The molecule has 0 aromatic rings. The molecule has 0 aliphatic carbocycles. The Balaban J connectivity index is 3.84. The fourth-order valence-corrected chi connectivity index (χ4v) is 3.87. The number of hydrogen-bond acceptors (Lipinski definition) is 4. The molecule has 0 aromatic heterocycles. The van der Waals surface area contributed by atoms with Crippen molar-refractivity contribution in [3.8, 4) is 0 Å². The van der Waals surface area contributed by atoms with Crippen LogP contribution in [0.1, 0.15) is 129 Å². The second kappa shape index (κ2) is 24.7. The summed E-state index contributed by atoms with van der Waals surface area (Å²) >= 11 is 0. The zero-order chi connectivity index (χ0) is 22.1. The maximum atomic E-state index is 12.6. The van der Waals surface area contributed by atoms with E-state index < -0.39 is 0 Å². The van der Waals surface area contributed by atoms with E-state index in [9.17, 15) is 4.79 Å². The number of carbonyl (C=O) groups excluding carboxylic acids is 1. The Morgan fingerprint density at radius 3 is 1.83 bits per heavy atom. The molecule has 0 saturated heterocycles. The summed E-state index contributed by atoms with van der Waals surface area (Å²) < 4.78 is 5.65. The Morgan fingerprint density at radius 1 is 0.700 bits per heavy atom. The molecule has 4 nitrogen and oxygen atoms in total. The number of rotatable bonds is 24. The van der Waals surface area contributed by atoms with E-state index >= 15 is 0 Å². The predicted octanol–water partition coefficient (Wildman–Crippen LogP) is 6.79. The highest BCUT2D eigenvalue weighted by molar-refractivity contribution is 5.72. The first-order valence-electron chi connectivity index (χ1n) is 13.2. The van der Waals surface area contributed by atoms with Gasteiger partial charge < -0.3 is 15.2 Å². The van der Waals surface area contributed by atoms with Crippen LogP contribution in [-0.4, -0.2) is 37.4 Å². The quantitative estimate of drug-likeness (QED) is 0.131. The molecule has 0 rings (SSSR count). The van der Waals surface area contributed by atoms with Gasteiger partial charge in [-0.25, -0.2) is 0 Å². The van der Waals surface area contributed by atoms with Gasteiger partial charge in [0.15, 0.2) is 0 Å². The van der Waals surface area contributed by atoms with Gasteiger partial charge in [0, 0.05) is 6.61 Å². The Hall–Kier alpha value is -0.610. The summed E-state index contributed by atoms with van der Waals surface area (Å²) in [5.41, 5.74) is 0. The Labute approximate surface area is 187 Å². The van der Waals surface area contributed by atoms with Gasteiger partial charge in [0.1, 0.15) is 0 Å². The van der Waals surface area contributed by atoms with E-state index in [-0.39, 0.29) is 18.5 Å². The minimum atomic E-state index is 0.0631. The first-order chi connectivity index (χ1) is 14.8. The van der Waals surface area contributed by atoms with Crippen molar-refractivity contribution >= 4 is 5.97 Å². The van der Waals surface area contributed by atoms with Gasteiger partial charge in [0.05, 0.1) is 12.5 Å². The number of carbonyl (C=O) groups is 1. The average molecular weight is 428 g/mol. The van der Waals surface area contributed by atoms with Crippen molar-refractivity contribution in [2.24, 2.45) is 5.92 Å². The van der Waals surface area contributed by atoms with Gasteiger partial charge in [-0.1, -0.05) is 97.3 Å². The van der Waals surface area contributed by atoms with Crippen LogP contribution in [0.4, 0.5) is 0 Å². The summed E-state index contributed by atoms with van der Waals surface area (Å²) in [5.74, 6) is 0.186. The van der Waals surface area contributed by atoms with Crippen LogP contribution in [0.25, 0.3) is 0 Å². The van der Waals surface area contributed by atoms with Crippen LogP contribution in [0.3, 0.4) is 0 Å². The topological polar surface area (TPSA) is 58.6 Å². The van der Waals surface area contributed by atoms with Crippen molar-refractivity contribution in [2.75, 3.05) is 26.3 Å². The number of aliphatic hydroxyl groups excluding tert-OH is 1. The Bertz CT molecular complexity index is 349. The smallest absolute Gasteiger partial charge is 0.308 e. The lowest BCUT2D eigenvalue weighted by Crippen LogP contribution is -2.19. The van der Waals surface area contributed by atoms with Crippen LogP contribution in [0.2, 0.25) is 0 Å². The molecule has 0 heterocycles. The first kappa shape index (κ1) is 29.4. The van der Waals surface area contributed by atoms with Crippen molar-refractivity contribution in [1.82, 2.24) is 5.32 Å². The minimum absolute atomic E-state index is 0.0631. The molecule has 1 atom stereocenters. The minimum Gasteiger partial charge on any atom is -0.465 e. The lowest BCUT2D eigenvalue weighted by molar-refractivity contribution is -0.149. The lowest BCUT2D eigenvalue weighted by atomic mass is 9.94. The molecule has 0 aliphatic heterocycles. The SMILES string of the molecule is CCCCCCCCC(CCCCCC)C(=O)OCCCCCCCNCCCO. The zero-order valence-electron chi connectivity index (χ0n) is 20.4. The fourth-order valence-electron chi connectivity index (χ4n) is 3.87. The maximum Gasteiger partial charge on any atom is 0.308 e. The summed E-state index contributed by atoms with van der Waals surface area (Å²) in [6.07, 6.45) is 21.2. The van der Waals surface area contributed by atoms with Crippen LogP contribution in [0.5, 0.6) is 0 Å². The van der Waals surface area contributed by atoms with Crippen LogP contribution in [0, 0.1) is 5.92 Å². The van der Waals surface area contributed by atoms with Crippen LogP contribution < -0.4 is 5.32 Å². The normalized spacial score (nSPS) is 12.2. The third-order valence-electron chi connectivity index (χ3n) is 5.90. The molecule has 0 aromatic carbocycles. The molecule has 1 unspecified atom stereocenters. The number of nitrogens with one attached hydrogen (secondary N) is 1. The molecule has 0 fully saturated rings. The molecule has 0 radical (unpaired) electrons. The molecule has 4 heteroatoms. The first-order valence-corrected chi connectivity index (χ1v) is 13.2. The number of aliphatic hydroxyl groups is 1. The third-order valence-corrected chi connectivity index (χ3v) is 5.90. The van der Waals surface area contributed by atoms with Crippen molar-refractivity contribution in [2.45, 2.75) is 129 Å². The van der Waals surface area contributed by atoms with E-state index in [1.165, 1.54) is 77.0 Å². The van der Waals surface area contributed by atoms with E-state index in [1.54, 1.807) is 0 Å². The largest absolute Gasteiger partial charge is 0.465 e. The molecule has 0 bridgehead atoms. The van der Waals surface area contributed by atoms with Gasteiger partial charge in [0.2, 0.25) is 0 Å². The number of esters is 1. The number of unbranched alkanes of at least 4 members (excludes halogenated alkanes) is 12. The summed E-state index contributed by atoms with van der Waals surface area (Å²) in [6.45, 7) is 7.29. The molecular formula is C26H53NO3. The third kappa shape index (κ3) is 20.7. The molecule has 0 amide bonds. The predicted molar refractivity (Wildman–Crippen MR) is 129 cm³/mol. The van der Waals surface area contributed by atoms with E-state index in [0.717, 1.165) is 51.6 Å². The monoisotopic (exact) mass is 427 g/mol. The molecule has 0 saturated carbocycles. The van der Waals surface area contributed by atoms with E-state index in [4.69, 9.17) is 9.84 Å². The fraction of sp³-hybridized carbons (Fsp3) is 0.962. The summed E-state index contributed by atoms with van der Waals surface area (Å²) in [6, 6.07) is 0. The number of hydrogen-bond donors (Lipinski definition) is 2. The van der Waals surface area contributed by atoms with Gasteiger partial charge in [0.25, 0.3) is 0 Å². The number of ether oxygens (including phenoxy) is 1. The standard InChI is InChI=1S/C26H53NO3/c1-3-5-7-9-11-15-20-25(19-14-8-6-4-2)26(29)30-24-17-13-10-12-16-21-27-22-18-23-28/h25,27-28H,3-24H2,1-2H3. The lowest BCUT2D eigenvalue weighted by Gasteiger charge is -2.16. The van der Waals surface area contributed by atoms with E-state index in [1.807, 2.05) is 0 Å². The second-order valence-electron chi connectivity index (χ2n) is 8.87. The summed E-state index contributed by atoms with van der Waals surface area (Å²) in [5, 5.41) is 12.1. The van der Waals surface area contributed by atoms with Crippen molar-refractivity contribution in [3.63, 3.8) is 0 Å². The van der Waals surface area contributed by atoms with Crippen molar-refractivity contribution < 1.29 is 14.6 Å². The van der Waals surface area contributed by atoms with Crippen molar-refractivity contribution in [3.05, 3.63) is 0 Å². The highest BCUT2D eigenvalue weighted by atomic mass is 16.5. The molecule has 180 valence electrons. The Kier molecular flexibility index (Phi) is 24.2. The van der Waals surface area contributed by atoms with Crippen LogP contribution in [-0.2, 0) is 9.53 Å². The average Bonchev–Trinajstić information content (AvgIpc) is 2.75. The highest BCUT2D eigenvalue weighted by Gasteiger charge is 2.19. The Morgan fingerprint density at radius 2 is 1.20 bits per heavy atom. The zero-order valence-corrected chi connectivity index (χ0v) is 20.4. The van der Waals surface area contributed by atoms with Gasteiger partial charge in [-0.05, 0) is 45.2 Å². The van der Waals surface area contributed by atoms with Crippen LogP contribution >= 0.6 is 0 Å². The molecule has 0 spiro atoms. The maximum absolute atomic E-state index is 12.6. The van der Waals surface area contributed by atoms with Crippen LogP contribution in [0.15, 0.2) is 0 Å². The van der Waals surface area contributed by atoms with Gasteiger partial charge in [-0.15, -0.1) is 0 Å².